The van der Waals surface area contributed by atoms with Crippen molar-refractivity contribution >= 4 is 0 Å². The number of hydrogen-bond donors (Lipinski definition) is 1. The molecule has 3 aromatic rings. The predicted octanol–water partition coefficient (Wildman–Crippen LogP) is 3.74. The van der Waals surface area contributed by atoms with Crippen LogP contribution >= 0.6 is 0 Å². The molecule has 0 bridgehead atoms. The van der Waals surface area contributed by atoms with Crippen molar-refractivity contribution in [3.8, 4) is 17.6 Å². The Morgan fingerprint density at radius 3 is 2.65 bits per heavy atom. The van der Waals surface area contributed by atoms with Gasteiger partial charge < -0.3 is 19.8 Å². The molecule has 6 nitrogen and oxygen atoms in total. The highest BCUT2D eigenvalue weighted by Gasteiger charge is 2.34. The van der Waals surface area contributed by atoms with E-state index in [1.54, 1.807) is 17.7 Å². The maximum absolute atomic E-state index is 13.7. The molecule has 0 fully saturated rings. The van der Waals surface area contributed by atoms with Crippen LogP contribution in [0.15, 0.2) is 70.8 Å². The molecule has 2 N–H and O–H groups in total. The molecule has 1 aromatic heterocycles. The molecule has 0 unspecified atom stereocenters. The number of nitrogens with two attached hydrogens (primary N) is 1. The number of allylic oxidation sites excluding steroid dienone is 1. The first-order valence-corrected chi connectivity index (χ1v) is 9.94. The van der Waals surface area contributed by atoms with E-state index in [2.05, 4.69) is 12.1 Å². The van der Waals surface area contributed by atoms with Gasteiger partial charge in [-0.2, -0.15) is 5.26 Å². The number of pyridine rings is 1. The van der Waals surface area contributed by atoms with Gasteiger partial charge in [-0.15, -0.1) is 0 Å². The molecule has 2 heterocycles. The largest absolute Gasteiger partial charge is 0.497 e. The van der Waals surface area contributed by atoms with Gasteiger partial charge in [0.25, 0.3) is 5.56 Å². The molecule has 1 aliphatic heterocycles. The van der Waals surface area contributed by atoms with Gasteiger partial charge in [-0.05, 0) is 37.1 Å². The topological polar surface area (TPSA) is 90.3 Å². The summed E-state index contributed by atoms with van der Waals surface area (Å²) in [6.45, 7) is 4.30. The van der Waals surface area contributed by atoms with Crippen LogP contribution in [0.1, 0.15) is 33.9 Å². The second-order valence-corrected chi connectivity index (χ2v) is 7.65. The third-order valence-corrected chi connectivity index (χ3v) is 5.54. The molecule has 0 saturated carbocycles. The second kappa shape index (κ2) is 8.04. The average Bonchev–Trinajstić information content (AvgIpc) is 2.76. The fourth-order valence-electron chi connectivity index (χ4n) is 4.03. The number of nitriles is 1. The lowest BCUT2D eigenvalue weighted by atomic mass is 9.84. The minimum atomic E-state index is -0.638. The molecular weight excluding hydrogens is 390 g/mol. The van der Waals surface area contributed by atoms with E-state index in [0.29, 0.717) is 23.6 Å². The van der Waals surface area contributed by atoms with Crippen LogP contribution in [0.25, 0.3) is 0 Å². The van der Waals surface area contributed by atoms with E-state index in [-0.39, 0.29) is 17.0 Å². The van der Waals surface area contributed by atoms with E-state index in [9.17, 15) is 10.1 Å². The summed E-state index contributed by atoms with van der Waals surface area (Å²) in [4.78, 5) is 13.7. The molecule has 1 atom stereocenters. The van der Waals surface area contributed by atoms with Crippen LogP contribution in [-0.4, -0.2) is 11.7 Å². The zero-order valence-corrected chi connectivity index (χ0v) is 17.7. The highest BCUT2D eigenvalue weighted by molar-refractivity contribution is 5.56. The number of ether oxygens (including phenoxy) is 2. The first-order valence-electron chi connectivity index (χ1n) is 9.94. The van der Waals surface area contributed by atoms with Crippen molar-refractivity contribution in [3.63, 3.8) is 0 Å². The number of fused-ring (bicyclic) bond motifs is 1. The normalized spacial score (nSPS) is 15.1. The predicted molar refractivity (Wildman–Crippen MR) is 118 cm³/mol. The summed E-state index contributed by atoms with van der Waals surface area (Å²) in [5.74, 6) is 0.389. The number of benzene rings is 2. The lowest BCUT2D eigenvalue weighted by molar-refractivity contribution is 0.388. The van der Waals surface area contributed by atoms with Gasteiger partial charge in [0.15, 0.2) is 0 Å². The van der Waals surface area contributed by atoms with Crippen molar-refractivity contribution < 1.29 is 9.47 Å². The van der Waals surface area contributed by atoms with Gasteiger partial charge in [0, 0.05) is 11.8 Å². The van der Waals surface area contributed by atoms with Gasteiger partial charge in [-0.25, -0.2) is 0 Å². The first-order chi connectivity index (χ1) is 14.9. The van der Waals surface area contributed by atoms with Crippen molar-refractivity contribution in [3.05, 3.63) is 104 Å². The SMILES string of the molecule is COc1cccc([C@@H]2C(C#N)=C(N)Oc3cc(C)n(Cc4cccc(C)c4)c(=O)c32)c1. The zero-order chi connectivity index (χ0) is 22.1. The van der Waals surface area contributed by atoms with Gasteiger partial charge in [0.05, 0.1) is 25.1 Å². The van der Waals surface area contributed by atoms with Crippen LogP contribution in [-0.2, 0) is 6.54 Å². The van der Waals surface area contributed by atoms with Crippen LogP contribution in [0.3, 0.4) is 0 Å². The zero-order valence-electron chi connectivity index (χ0n) is 17.7. The quantitative estimate of drug-likeness (QED) is 0.704. The summed E-state index contributed by atoms with van der Waals surface area (Å²) >= 11 is 0. The van der Waals surface area contributed by atoms with Gasteiger partial charge in [-0.3, -0.25) is 4.79 Å². The fourth-order valence-corrected chi connectivity index (χ4v) is 4.03. The van der Waals surface area contributed by atoms with E-state index in [0.717, 1.165) is 22.4 Å². The Kier molecular flexibility index (Phi) is 5.26. The summed E-state index contributed by atoms with van der Waals surface area (Å²) < 4.78 is 12.8. The highest BCUT2D eigenvalue weighted by Crippen LogP contribution is 2.41. The van der Waals surface area contributed by atoms with E-state index in [1.165, 1.54) is 0 Å². The maximum atomic E-state index is 13.7. The summed E-state index contributed by atoms with van der Waals surface area (Å²) in [5, 5.41) is 9.82. The smallest absolute Gasteiger partial charge is 0.259 e. The Labute approximate surface area is 180 Å². The number of hydrogen-bond acceptors (Lipinski definition) is 5. The van der Waals surface area contributed by atoms with E-state index in [1.807, 2.05) is 56.3 Å². The van der Waals surface area contributed by atoms with E-state index in [4.69, 9.17) is 15.2 Å². The molecule has 0 saturated heterocycles. The molecular formula is C25H23N3O3. The van der Waals surface area contributed by atoms with Gasteiger partial charge >= 0.3 is 0 Å². The average molecular weight is 413 g/mol. The van der Waals surface area contributed by atoms with Crippen LogP contribution in [0.4, 0.5) is 0 Å². The van der Waals surface area contributed by atoms with Crippen LogP contribution in [0.2, 0.25) is 0 Å². The van der Waals surface area contributed by atoms with Crippen molar-refractivity contribution in [1.82, 2.24) is 4.57 Å². The van der Waals surface area contributed by atoms with Crippen molar-refractivity contribution in [1.29, 1.82) is 5.26 Å². The molecule has 4 rings (SSSR count). The van der Waals surface area contributed by atoms with Gasteiger partial charge in [-0.1, -0.05) is 42.0 Å². The van der Waals surface area contributed by atoms with Crippen molar-refractivity contribution in [2.24, 2.45) is 5.73 Å². The molecule has 2 aromatic carbocycles. The van der Waals surface area contributed by atoms with Crippen molar-refractivity contribution in [2.45, 2.75) is 26.3 Å². The molecule has 156 valence electrons. The fraction of sp³-hybridized carbons (Fsp3) is 0.200. The summed E-state index contributed by atoms with van der Waals surface area (Å²) in [7, 11) is 1.57. The second-order valence-electron chi connectivity index (χ2n) is 7.65. The monoisotopic (exact) mass is 413 g/mol. The number of methoxy groups -OCH3 is 1. The first kappa shape index (κ1) is 20.3. The summed E-state index contributed by atoms with van der Waals surface area (Å²) in [5.41, 5.74) is 10.1. The van der Waals surface area contributed by atoms with Gasteiger partial charge in [0.2, 0.25) is 5.88 Å². The molecule has 0 aliphatic carbocycles. The molecule has 6 heteroatoms. The molecule has 1 aliphatic rings. The molecule has 31 heavy (non-hydrogen) atoms. The van der Waals surface area contributed by atoms with Crippen molar-refractivity contribution in [2.75, 3.05) is 7.11 Å². The number of nitrogens with zero attached hydrogens (tertiary/aromatic N) is 2. The third-order valence-electron chi connectivity index (χ3n) is 5.54. The summed E-state index contributed by atoms with van der Waals surface area (Å²) in [6, 6.07) is 19.3. The van der Waals surface area contributed by atoms with Crippen LogP contribution in [0, 0.1) is 25.2 Å². The minimum absolute atomic E-state index is 0.0121. The van der Waals surface area contributed by atoms with E-state index < -0.39 is 5.92 Å². The lowest BCUT2D eigenvalue weighted by Crippen LogP contribution is -2.33. The Morgan fingerprint density at radius 2 is 1.94 bits per heavy atom. The minimum Gasteiger partial charge on any atom is -0.497 e. The molecule has 0 amide bonds. The van der Waals surface area contributed by atoms with Crippen LogP contribution < -0.4 is 20.8 Å². The Hall–Kier alpha value is -3.98. The standard InChI is InChI=1S/C25H23N3O3/c1-15-6-4-7-17(10-15)14-28-16(2)11-21-23(25(28)29)22(20(13-26)24(27)31-21)18-8-5-9-19(12-18)30-3/h4-12,22H,14,27H2,1-3H3/t22-/m1/s1. The molecule has 0 radical (unpaired) electrons. The summed E-state index contributed by atoms with van der Waals surface area (Å²) in [6.07, 6.45) is 0. The van der Waals surface area contributed by atoms with Gasteiger partial charge in [0.1, 0.15) is 23.1 Å². The Morgan fingerprint density at radius 1 is 1.16 bits per heavy atom. The van der Waals surface area contributed by atoms with E-state index >= 15 is 0 Å². The molecule has 0 spiro atoms. The van der Waals surface area contributed by atoms with Crippen LogP contribution in [0.5, 0.6) is 11.5 Å². The third kappa shape index (κ3) is 3.66. The highest BCUT2D eigenvalue weighted by atomic mass is 16.5. The number of aromatic nitrogens is 1. The Balaban J connectivity index is 1.92. The number of aryl methyl sites for hydroxylation is 2. The Bertz CT molecular complexity index is 1300. The maximum Gasteiger partial charge on any atom is 0.259 e. The lowest BCUT2D eigenvalue weighted by Gasteiger charge is -2.27. The number of rotatable bonds is 4.